The fourth-order valence-electron chi connectivity index (χ4n) is 3.97. The van der Waals surface area contributed by atoms with Crippen molar-refractivity contribution in [1.82, 2.24) is 4.98 Å². The van der Waals surface area contributed by atoms with Gasteiger partial charge in [-0.3, -0.25) is 24.4 Å². The number of carboxylic acid groups (broad SMARTS) is 1. The van der Waals surface area contributed by atoms with E-state index < -0.39 is 30.9 Å². The number of benzene rings is 4. The van der Waals surface area contributed by atoms with E-state index in [1.165, 1.54) is 110 Å². The third-order valence-electron chi connectivity index (χ3n) is 6.36. The van der Waals surface area contributed by atoms with Crippen molar-refractivity contribution in [2.45, 2.75) is 16.7 Å². The van der Waals surface area contributed by atoms with Crippen LogP contribution in [0.1, 0.15) is 17.3 Å². The van der Waals surface area contributed by atoms with Crippen molar-refractivity contribution in [3.05, 3.63) is 131 Å². The van der Waals surface area contributed by atoms with Crippen LogP contribution in [0.2, 0.25) is 0 Å². The van der Waals surface area contributed by atoms with Crippen LogP contribution in [0.25, 0.3) is 0 Å². The summed E-state index contributed by atoms with van der Waals surface area (Å²) in [4.78, 5) is 35.9. The van der Waals surface area contributed by atoms with Crippen LogP contribution < -0.4 is 14.8 Å². The number of azo groups is 1. The lowest BCUT2D eigenvalue weighted by atomic mass is 10.2. The quantitative estimate of drug-likeness (QED) is 0.0592. The first kappa shape index (κ1) is 37.1. The van der Waals surface area contributed by atoms with Gasteiger partial charge < -0.3 is 15.5 Å². The molecule has 1 heterocycles. The monoisotopic (exact) mass is 733 g/mol. The van der Waals surface area contributed by atoms with Gasteiger partial charge in [0.05, 0.1) is 26.1 Å². The zero-order valence-corrected chi connectivity index (χ0v) is 27.9. The van der Waals surface area contributed by atoms with E-state index in [1.807, 2.05) is 0 Å². The number of nitro benzene ring substituents is 1. The zero-order valence-electron chi connectivity index (χ0n) is 26.2. The van der Waals surface area contributed by atoms with Crippen molar-refractivity contribution < 1.29 is 41.6 Å². The largest absolute Gasteiger partial charge is 0.507 e. The van der Waals surface area contributed by atoms with Crippen LogP contribution in [0, 0.1) is 10.1 Å². The number of aromatic carboxylic acids is 1. The predicted octanol–water partition coefficient (Wildman–Crippen LogP) is 6.06. The molecule has 0 atom stereocenters. The molecule has 51 heavy (non-hydrogen) atoms. The Morgan fingerprint density at radius 3 is 1.84 bits per heavy atom. The average Bonchev–Trinajstić information content (AvgIpc) is 3.08. The lowest BCUT2D eigenvalue weighted by Gasteiger charge is -2.09. The van der Waals surface area contributed by atoms with E-state index in [2.05, 4.69) is 30.0 Å². The molecular formula is C32H27N7O10S2. The van der Waals surface area contributed by atoms with E-state index in [1.54, 1.807) is 12.1 Å². The summed E-state index contributed by atoms with van der Waals surface area (Å²) < 4.78 is 53.8. The van der Waals surface area contributed by atoms with Crippen molar-refractivity contribution in [3.63, 3.8) is 0 Å². The second-order valence-electron chi connectivity index (χ2n) is 10.1. The van der Waals surface area contributed by atoms with Crippen molar-refractivity contribution in [1.29, 1.82) is 0 Å². The molecule has 17 nitrogen and oxygen atoms in total. The molecule has 5 N–H and O–H groups in total. The number of phenols is 1. The maximum atomic E-state index is 12.3. The number of aromatic nitrogens is 1. The number of pyridine rings is 1. The van der Waals surface area contributed by atoms with Crippen molar-refractivity contribution in [3.8, 4) is 5.75 Å². The molecule has 4 aromatic carbocycles. The highest BCUT2D eigenvalue weighted by Crippen LogP contribution is 2.26. The van der Waals surface area contributed by atoms with Gasteiger partial charge in [0.25, 0.3) is 25.7 Å². The topological polar surface area (TPSA) is 260 Å². The van der Waals surface area contributed by atoms with Crippen LogP contribution >= 0.6 is 0 Å². The van der Waals surface area contributed by atoms with Gasteiger partial charge >= 0.3 is 5.97 Å². The fraction of sp³-hybridized carbons (Fsp3) is 0.0312. The summed E-state index contributed by atoms with van der Waals surface area (Å²) in [5, 5.41) is 39.4. The molecule has 262 valence electrons. The molecular weight excluding hydrogens is 707 g/mol. The number of carbonyl (C=O) groups excluding carboxylic acids is 1. The maximum Gasteiger partial charge on any atom is 0.339 e. The van der Waals surface area contributed by atoms with Crippen LogP contribution in [-0.2, 0) is 24.8 Å². The summed E-state index contributed by atoms with van der Waals surface area (Å²) in [5.74, 6) is -1.72. The second-order valence-corrected chi connectivity index (χ2v) is 13.5. The number of aromatic hydroxyl groups is 1. The van der Waals surface area contributed by atoms with Gasteiger partial charge in [0, 0.05) is 36.6 Å². The number of nitro groups is 1. The number of nitrogens with zero attached hydrogens (tertiary/aromatic N) is 4. The smallest absolute Gasteiger partial charge is 0.339 e. The molecule has 0 saturated carbocycles. The highest BCUT2D eigenvalue weighted by molar-refractivity contribution is 7.93. The Balaban J connectivity index is 0.000000233. The maximum absolute atomic E-state index is 12.3. The minimum absolute atomic E-state index is 0.00459. The Hall–Kier alpha value is -6.73. The number of non-ortho nitro benzene ring substituents is 1. The lowest BCUT2D eigenvalue weighted by molar-refractivity contribution is -0.384. The number of carboxylic acids is 1. The third kappa shape index (κ3) is 10.6. The number of hydrogen-bond acceptors (Lipinski definition) is 12. The number of hydrogen-bond donors (Lipinski definition) is 5. The highest BCUT2D eigenvalue weighted by atomic mass is 32.2. The van der Waals surface area contributed by atoms with E-state index in [4.69, 9.17) is 5.11 Å². The standard InChI is InChI=1S/C18H14N4O5S.C14H13N3O5S/c23-16-9-6-13(11-15(16)18(24)25)21-20-12-4-7-14(8-5-12)28(26,27)22-17-3-1-2-10-19-17;1-10(18)15-11-4-8-14(9-5-11)23(21,22)16-12-2-6-13(7-3-12)17(19)20/h1-11,23H,(H,19,22)(H,24,25);2-9,16H,1H3,(H,15,18)/b21-20+;. The summed E-state index contributed by atoms with van der Waals surface area (Å²) in [5.41, 5.74) is 0.852. The first-order valence-corrected chi connectivity index (χ1v) is 17.3. The number of carbonyl (C=O) groups is 2. The average molecular weight is 734 g/mol. The predicted molar refractivity (Wildman–Crippen MR) is 185 cm³/mol. The molecule has 0 radical (unpaired) electrons. The van der Waals surface area contributed by atoms with Crippen LogP contribution in [0.15, 0.2) is 135 Å². The Labute approximate surface area is 290 Å². The SMILES string of the molecule is CC(=O)Nc1ccc(S(=O)(=O)Nc2ccc([N+](=O)[O-])cc2)cc1.O=C(O)c1cc(/N=N/c2ccc(S(=O)(=O)Nc3ccccn3)cc2)ccc1O. The van der Waals surface area contributed by atoms with Gasteiger partial charge in [-0.15, -0.1) is 0 Å². The molecule has 5 aromatic rings. The molecule has 0 unspecified atom stereocenters. The van der Waals surface area contributed by atoms with E-state index in [9.17, 15) is 41.6 Å². The number of anilines is 3. The molecule has 0 saturated heterocycles. The minimum atomic E-state index is -3.82. The second kappa shape index (κ2) is 16.1. The Morgan fingerprint density at radius 2 is 1.29 bits per heavy atom. The van der Waals surface area contributed by atoms with Crippen LogP contribution in [0.5, 0.6) is 5.75 Å². The van der Waals surface area contributed by atoms with E-state index in [-0.39, 0.29) is 49.9 Å². The van der Waals surface area contributed by atoms with Crippen LogP contribution in [0.4, 0.5) is 34.3 Å². The van der Waals surface area contributed by atoms with Crippen LogP contribution in [0.3, 0.4) is 0 Å². The number of amides is 1. The number of nitrogens with one attached hydrogen (secondary N) is 3. The zero-order chi connectivity index (χ0) is 37.2. The summed E-state index contributed by atoms with van der Waals surface area (Å²) in [7, 11) is -7.62. The van der Waals surface area contributed by atoms with Gasteiger partial charge in [0.1, 0.15) is 17.1 Å². The summed E-state index contributed by atoms with van der Waals surface area (Å²) >= 11 is 0. The number of rotatable bonds is 11. The van der Waals surface area contributed by atoms with Gasteiger partial charge in [-0.2, -0.15) is 10.2 Å². The Bertz CT molecular complexity index is 2290. The Kier molecular flexibility index (Phi) is 11.7. The van der Waals surface area contributed by atoms with Crippen LogP contribution in [-0.4, -0.2) is 48.8 Å². The molecule has 0 spiro atoms. The van der Waals surface area contributed by atoms with Crippen molar-refractivity contribution >= 4 is 66.2 Å². The Morgan fingerprint density at radius 1 is 0.745 bits per heavy atom. The molecule has 1 aromatic heterocycles. The van der Waals surface area contributed by atoms with Crippen molar-refractivity contribution in [2.75, 3.05) is 14.8 Å². The molecule has 0 aliphatic carbocycles. The molecule has 0 aliphatic rings. The van der Waals surface area contributed by atoms with Crippen molar-refractivity contribution in [2.24, 2.45) is 10.2 Å². The van der Waals surface area contributed by atoms with E-state index in [0.717, 1.165) is 0 Å². The van der Waals surface area contributed by atoms with Gasteiger partial charge in [-0.25, -0.2) is 26.6 Å². The molecule has 0 bridgehead atoms. The summed E-state index contributed by atoms with van der Waals surface area (Å²) in [6.07, 6.45) is 1.47. The van der Waals surface area contributed by atoms with Gasteiger partial charge in [-0.05, 0) is 91.0 Å². The van der Waals surface area contributed by atoms with E-state index >= 15 is 0 Å². The summed E-state index contributed by atoms with van der Waals surface area (Å²) in [6, 6.07) is 24.9. The molecule has 19 heteroatoms. The third-order valence-corrected chi connectivity index (χ3v) is 9.13. The first-order valence-electron chi connectivity index (χ1n) is 14.3. The molecule has 1 amide bonds. The first-order chi connectivity index (χ1) is 24.1. The van der Waals surface area contributed by atoms with Gasteiger partial charge in [0.15, 0.2) is 0 Å². The molecule has 5 rings (SSSR count). The molecule has 0 aliphatic heterocycles. The molecule has 0 fully saturated rings. The highest BCUT2D eigenvalue weighted by Gasteiger charge is 2.16. The normalized spacial score (nSPS) is 11.2. The van der Waals surface area contributed by atoms with Gasteiger partial charge in [-0.1, -0.05) is 6.07 Å². The minimum Gasteiger partial charge on any atom is -0.507 e. The van der Waals surface area contributed by atoms with Gasteiger partial charge in [0.2, 0.25) is 5.91 Å². The summed E-state index contributed by atoms with van der Waals surface area (Å²) in [6.45, 7) is 1.35. The number of sulfonamides is 2. The van der Waals surface area contributed by atoms with E-state index in [0.29, 0.717) is 11.4 Å². The lowest BCUT2D eigenvalue weighted by Crippen LogP contribution is -2.13. The fourth-order valence-corrected chi connectivity index (χ4v) is 6.04.